The summed E-state index contributed by atoms with van der Waals surface area (Å²) >= 11 is 0. The maximum atomic E-state index is 10.9. The average Bonchev–Trinajstić information content (AvgIpc) is 2.35. The van der Waals surface area contributed by atoms with Crippen molar-refractivity contribution in [1.29, 1.82) is 0 Å². The predicted molar refractivity (Wildman–Crippen MR) is 82.3 cm³/mol. The van der Waals surface area contributed by atoms with Crippen LogP contribution in [0.3, 0.4) is 0 Å². The molecule has 0 amide bonds. The number of hydrogen-bond donors (Lipinski definition) is 3. The maximum Gasteiger partial charge on any atom is 0.269 e. The summed E-state index contributed by atoms with van der Waals surface area (Å²) in [6, 6.07) is 6.01. The first kappa shape index (κ1) is 16.9. The molecule has 1 aromatic carbocycles. The Kier molecular flexibility index (Phi) is 4.30. The Labute approximate surface area is 130 Å². The van der Waals surface area contributed by atoms with Crippen LogP contribution in [-0.2, 0) is 0 Å². The van der Waals surface area contributed by atoms with Gasteiger partial charge in [-0.3, -0.25) is 10.1 Å². The molecule has 0 aliphatic carbocycles. The number of non-ortho nitro benzene ring substituents is 1. The Morgan fingerprint density at radius 2 is 2.00 bits per heavy atom. The molecule has 1 fully saturated rings. The zero-order chi connectivity index (χ0) is 16.7. The first-order chi connectivity index (χ1) is 10.0. The summed E-state index contributed by atoms with van der Waals surface area (Å²) in [4.78, 5) is 10.4. The van der Waals surface area contributed by atoms with E-state index in [1.807, 2.05) is 13.8 Å². The van der Waals surface area contributed by atoms with E-state index < -0.39 is 23.0 Å². The summed E-state index contributed by atoms with van der Waals surface area (Å²) in [5.41, 5.74) is -0.0732. The minimum Gasteiger partial charge on any atom is -0.392 e. The first-order valence-electron chi connectivity index (χ1n) is 7.51. The molecule has 6 heteroatoms. The highest BCUT2D eigenvalue weighted by Crippen LogP contribution is 2.37. The van der Waals surface area contributed by atoms with Crippen LogP contribution in [0, 0.1) is 16.0 Å². The zero-order valence-corrected chi connectivity index (χ0v) is 13.5. The van der Waals surface area contributed by atoms with Crippen molar-refractivity contribution in [1.82, 2.24) is 0 Å². The second kappa shape index (κ2) is 5.61. The van der Waals surface area contributed by atoms with E-state index in [2.05, 4.69) is 19.2 Å². The molecular formula is C16H25N2O4+. The van der Waals surface area contributed by atoms with Crippen molar-refractivity contribution in [3.8, 4) is 0 Å². The van der Waals surface area contributed by atoms with E-state index in [9.17, 15) is 20.3 Å². The molecule has 0 radical (unpaired) electrons. The van der Waals surface area contributed by atoms with Gasteiger partial charge in [-0.2, -0.15) is 0 Å². The van der Waals surface area contributed by atoms with E-state index in [4.69, 9.17) is 0 Å². The number of rotatable bonds is 3. The largest absolute Gasteiger partial charge is 0.392 e. The number of hydrogen-bond acceptors (Lipinski definition) is 4. The molecule has 2 rings (SSSR count). The van der Waals surface area contributed by atoms with Crippen LogP contribution in [0.2, 0.25) is 0 Å². The van der Waals surface area contributed by atoms with Crippen molar-refractivity contribution in [2.75, 3.05) is 0 Å². The summed E-state index contributed by atoms with van der Waals surface area (Å²) in [6.45, 7) is 8.10. The van der Waals surface area contributed by atoms with Crippen LogP contribution in [0.1, 0.15) is 45.8 Å². The number of nitro groups is 1. The number of aliphatic hydroxyl groups is 2. The van der Waals surface area contributed by atoms with Gasteiger partial charge in [0.05, 0.1) is 34.1 Å². The van der Waals surface area contributed by atoms with Crippen LogP contribution in [0.25, 0.3) is 0 Å². The van der Waals surface area contributed by atoms with Gasteiger partial charge in [0, 0.05) is 18.6 Å². The van der Waals surface area contributed by atoms with Gasteiger partial charge in [0.15, 0.2) is 0 Å². The Morgan fingerprint density at radius 1 is 1.36 bits per heavy atom. The maximum absolute atomic E-state index is 10.9. The lowest BCUT2D eigenvalue weighted by atomic mass is 9.69. The molecular weight excluding hydrogens is 284 g/mol. The van der Waals surface area contributed by atoms with E-state index in [0.717, 1.165) is 0 Å². The highest BCUT2D eigenvalue weighted by atomic mass is 16.6. The monoisotopic (exact) mass is 309 g/mol. The number of benzene rings is 1. The summed E-state index contributed by atoms with van der Waals surface area (Å²) in [7, 11) is 0. The summed E-state index contributed by atoms with van der Waals surface area (Å²) in [5, 5.41) is 34.3. The minimum absolute atomic E-state index is 0.0519. The molecule has 122 valence electrons. The lowest BCUT2D eigenvalue weighted by Crippen LogP contribution is -3.07. The van der Waals surface area contributed by atoms with Gasteiger partial charge < -0.3 is 15.5 Å². The number of quaternary nitrogens is 1. The molecule has 0 spiro atoms. The minimum atomic E-state index is -0.947. The van der Waals surface area contributed by atoms with E-state index in [1.165, 1.54) is 12.1 Å². The van der Waals surface area contributed by atoms with E-state index in [1.54, 1.807) is 12.1 Å². The fraction of sp³-hybridized carbons (Fsp3) is 0.625. The smallest absolute Gasteiger partial charge is 0.269 e. The van der Waals surface area contributed by atoms with E-state index in [0.29, 0.717) is 12.0 Å². The van der Waals surface area contributed by atoms with Gasteiger partial charge in [0.25, 0.3) is 5.69 Å². The molecule has 0 unspecified atom stereocenters. The predicted octanol–water partition coefficient (Wildman–Crippen LogP) is 1.13. The third-order valence-electron chi connectivity index (χ3n) is 4.53. The molecule has 1 heterocycles. The number of piperidine rings is 1. The second-order valence-electron chi connectivity index (χ2n) is 7.55. The van der Waals surface area contributed by atoms with E-state index >= 15 is 0 Å². The van der Waals surface area contributed by atoms with Gasteiger partial charge in [-0.05, 0) is 33.3 Å². The average molecular weight is 309 g/mol. The number of nitrogens with two attached hydrogens (primary N) is 1. The first-order valence-corrected chi connectivity index (χ1v) is 7.51. The van der Waals surface area contributed by atoms with E-state index in [-0.39, 0.29) is 16.8 Å². The second-order valence-corrected chi connectivity index (χ2v) is 7.55. The van der Waals surface area contributed by atoms with Crippen molar-refractivity contribution < 1.29 is 20.5 Å². The normalized spacial score (nSPS) is 28.1. The molecule has 6 nitrogen and oxygen atoms in total. The standard InChI is InChI=1S/C16H24N2O4/c1-15(2)9-12(19)13(16(3,4)17-15)14(20)10-6-5-7-11(8-10)18(21)22/h5-8,12-14,17,19-20H,9H2,1-4H3/p+1/t12-,13+,14-/m1/s1. The number of aliphatic hydroxyl groups excluding tert-OH is 2. The highest BCUT2D eigenvalue weighted by molar-refractivity contribution is 5.35. The fourth-order valence-corrected chi connectivity index (χ4v) is 3.97. The quantitative estimate of drug-likeness (QED) is 0.575. The lowest BCUT2D eigenvalue weighted by molar-refractivity contribution is -0.798. The molecule has 22 heavy (non-hydrogen) atoms. The van der Waals surface area contributed by atoms with Crippen LogP contribution < -0.4 is 5.32 Å². The van der Waals surface area contributed by atoms with Gasteiger partial charge in [-0.25, -0.2) is 0 Å². The topological polar surface area (TPSA) is 100 Å². The number of nitrogens with zero attached hydrogens (tertiary/aromatic N) is 1. The van der Waals surface area contributed by atoms with Gasteiger partial charge in [0.2, 0.25) is 0 Å². The zero-order valence-electron chi connectivity index (χ0n) is 13.5. The summed E-state index contributed by atoms with van der Waals surface area (Å²) in [6.07, 6.45) is -1.05. The van der Waals surface area contributed by atoms with Gasteiger partial charge in [0.1, 0.15) is 0 Å². The Morgan fingerprint density at radius 3 is 2.55 bits per heavy atom. The van der Waals surface area contributed by atoms with Crippen LogP contribution in [-0.4, -0.2) is 32.3 Å². The van der Waals surface area contributed by atoms with Crippen LogP contribution in [0.5, 0.6) is 0 Å². The molecule has 0 bridgehead atoms. The van der Waals surface area contributed by atoms with Gasteiger partial charge >= 0.3 is 0 Å². The van der Waals surface area contributed by atoms with Crippen LogP contribution in [0.15, 0.2) is 24.3 Å². The Balaban J connectivity index is 2.33. The third kappa shape index (κ3) is 3.29. The SMILES string of the molecule is CC1(C)C[C@@H](O)[C@@H]([C@H](O)c2cccc([N+](=O)[O-])c2)C(C)(C)[NH2+]1. The van der Waals surface area contributed by atoms with Gasteiger partial charge in [-0.15, -0.1) is 0 Å². The molecule has 1 aliphatic heterocycles. The van der Waals surface area contributed by atoms with Crippen molar-refractivity contribution in [2.24, 2.45) is 5.92 Å². The Hall–Kier alpha value is -1.50. The fourth-order valence-electron chi connectivity index (χ4n) is 3.97. The molecule has 0 saturated carbocycles. The third-order valence-corrected chi connectivity index (χ3v) is 4.53. The summed E-state index contributed by atoms with van der Waals surface area (Å²) in [5.74, 6) is -0.400. The molecule has 1 aliphatic rings. The molecule has 4 N–H and O–H groups in total. The van der Waals surface area contributed by atoms with Crippen molar-refractivity contribution in [3.63, 3.8) is 0 Å². The lowest BCUT2D eigenvalue weighted by Gasteiger charge is -2.48. The van der Waals surface area contributed by atoms with Crippen molar-refractivity contribution >= 4 is 5.69 Å². The van der Waals surface area contributed by atoms with Crippen molar-refractivity contribution in [2.45, 2.75) is 57.4 Å². The van der Waals surface area contributed by atoms with Gasteiger partial charge in [-0.1, -0.05) is 12.1 Å². The molecule has 3 atom stereocenters. The molecule has 1 saturated heterocycles. The summed E-state index contributed by atoms with van der Waals surface area (Å²) < 4.78 is 0. The van der Waals surface area contributed by atoms with Crippen LogP contribution >= 0.6 is 0 Å². The number of nitro benzene ring substituents is 1. The Bertz CT molecular complexity index is 571. The molecule has 0 aromatic heterocycles. The molecule has 1 aromatic rings. The van der Waals surface area contributed by atoms with Crippen LogP contribution in [0.4, 0.5) is 5.69 Å². The van der Waals surface area contributed by atoms with Crippen molar-refractivity contribution in [3.05, 3.63) is 39.9 Å². The highest BCUT2D eigenvalue weighted by Gasteiger charge is 2.52.